The van der Waals surface area contributed by atoms with Crippen LogP contribution in [-0.2, 0) is 10.0 Å². The average molecular weight is 583 g/mol. The molecule has 2 amide bonds. The van der Waals surface area contributed by atoms with Gasteiger partial charge in [0.1, 0.15) is 11.9 Å². The summed E-state index contributed by atoms with van der Waals surface area (Å²) in [6.07, 6.45) is 2.28. The third-order valence-electron chi connectivity index (χ3n) is 7.09. The maximum Gasteiger partial charge on any atom is 0.258 e. The fourth-order valence-corrected chi connectivity index (χ4v) is 5.72. The zero-order valence-electron chi connectivity index (χ0n) is 23.4. The van der Waals surface area contributed by atoms with E-state index in [1.807, 2.05) is 6.92 Å². The Hall–Kier alpha value is -4.00. The molecule has 1 aromatic heterocycles. The number of amides is 2. The summed E-state index contributed by atoms with van der Waals surface area (Å²) in [5.41, 5.74) is 0.810. The Morgan fingerprint density at radius 3 is 2.51 bits per heavy atom. The molecule has 0 unspecified atom stereocenters. The van der Waals surface area contributed by atoms with Gasteiger partial charge in [0.05, 0.1) is 42.4 Å². The fourth-order valence-electron chi connectivity index (χ4n) is 4.54. The van der Waals surface area contributed by atoms with Crippen molar-refractivity contribution >= 4 is 27.5 Å². The van der Waals surface area contributed by atoms with Gasteiger partial charge in [-0.3, -0.25) is 14.6 Å². The molecule has 2 N–H and O–H groups in total. The van der Waals surface area contributed by atoms with Gasteiger partial charge in [0.15, 0.2) is 5.75 Å². The first-order valence-electron chi connectivity index (χ1n) is 13.1. The van der Waals surface area contributed by atoms with Crippen LogP contribution in [0.1, 0.15) is 34.6 Å². The second-order valence-corrected chi connectivity index (χ2v) is 12.0. The van der Waals surface area contributed by atoms with Crippen LogP contribution in [0.25, 0.3) is 0 Å². The lowest BCUT2D eigenvalue weighted by Gasteiger charge is -2.38. The number of aliphatic hydroxyl groups excluding tert-OH is 1. The Balaban J connectivity index is 1.71. The van der Waals surface area contributed by atoms with Crippen LogP contribution in [-0.4, -0.2) is 85.5 Å². The Bertz CT molecular complexity index is 1480. The third kappa shape index (κ3) is 6.50. The number of carbonyl (C=O) groups excluding carboxylic acids is 2. The first kappa shape index (κ1) is 30.0. The number of aromatic nitrogens is 1. The Morgan fingerprint density at radius 2 is 1.88 bits per heavy atom. The first-order valence-corrected chi connectivity index (χ1v) is 14.5. The molecule has 3 aromatic rings. The van der Waals surface area contributed by atoms with E-state index in [-0.39, 0.29) is 53.4 Å². The van der Waals surface area contributed by atoms with Gasteiger partial charge in [-0.15, -0.1) is 0 Å². The SMILES string of the molecule is COc1ccc(S(=O)(=O)N(C)C[C@@H]2Oc3c(NC(=O)c4ccncc4)cccc3C(=O)N([C@@H](C)CO)C[C@@H]2C)cc1. The fraction of sp³-hybridized carbons (Fsp3) is 0.345. The zero-order chi connectivity index (χ0) is 29.7. The molecular weight excluding hydrogens is 548 g/mol. The minimum absolute atomic E-state index is 0.0445. The molecule has 0 saturated carbocycles. The molecule has 1 aliphatic heterocycles. The molecule has 0 fully saturated rings. The van der Waals surface area contributed by atoms with Crippen molar-refractivity contribution in [3.05, 3.63) is 78.1 Å². The van der Waals surface area contributed by atoms with Crippen LogP contribution in [0.3, 0.4) is 0 Å². The molecule has 0 spiro atoms. The van der Waals surface area contributed by atoms with E-state index in [4.69, 9.17) is 9.47 Å². The highest BCUT2D eigenvalue weighted by Gasteiger charge is 2.36. The number of likely N-dealkylation sites (N-methyl/N-ethyl adjacent to an activating group) is 1. The number of nitrogens with zero attached hydrogens (tertiary/aromatic N) is 3. The van der Waals surface area contributed by atoms with Gasteiger partial charge in [-0.1, -0.05) is 13.0 Å². The minimum atomic E-state index is -3.89. The molecule has 0 bridgehead atoms. The van der Waals surface area contributed by atoms with E-state index in [0.29, 0.717) is 11.3 Å². The first-order chi connectivity index (χ1) is 19.6. The van der Waals surface area contributed by atoms with Gasteiger partial charge in [-0.2, -0.15) is 4.31 Å². The van der Waals surface area contributed by atoms with Crippen molar-refractivity contribution in [1.29, 1.82) is 0 Å². The van der Waals surface area contributed by atoms with E-state index in [1.165, 1.54) is 43.0 Å². The summed E-state index contributed by atoms with van der Waals surface area (Å²) in [7, 11) is -0.930. The number of methoxy groups -OCH3 is 1. The molecule has 0 saturated heterocycles. The lowest BCUT2D eigenvalue weighted by molar-refractivity contribution is 0.0388. The average Bonchev–Trinajstić information content (AvgIpc) is 2.99. The van der Waals surface area contributed by atoms with Crippen molar-refractivity contribution in [3.63, 3.8) is 0 Å². The second-order valence-electron chi connectivity index (χ2n) is 9.96. The number of anilines is 1. The number of fused-ring (bicyclic) bond motifs is 1. The van der Waals surface area contributed by atoms with Crippen molar-refractivity contribution in [1.82, 2.24) is 14.2 Å². The van der Waals surface area contributed by atoms with Crippen molar-refractivity contribution in [2.75, 3.05) is 39.2 Å². The van der Waals surface area contributed by atoms with Gasteiger partial charge in [0.25, 0.3) is 11.8 Å². The summed E-state index contributed by atoms with van der Waals surface area (Å²) < 4.78 is 39.6. The molecule has 41 heavy (non-hydrogen) atoms. The summed E-state index contributed by atoms with van der Waals surface area (Å²) in [6, 6.07) is 13.5. The van der Waals surface area contributed by atoms with Crippen LogP contribution in [0.2, 0.25) is 0 Å². The van der Waals surface area contributed by atoms with E-state index in [9.17, 15) is 23.1 Å². The van der Waals surface area contributed by atoms with Gasteiger partial charge in [-0.05, 0) is 55.5 Å². The minimum Gasteiger partial charge on any atom is -0.497 e. The van der Waals surface area contributed by atoms with E-state index in [0.717, 1.165) is 0 Å². The Labute approximate surface area is 239 Å². The van der Waals surface area contributed by atoms with Crippen molar-refractivity contribution in [3.8, 4) is 11.5 Å². The van der Waals surface area contributed by atoms with Crippen molar-refractivity contribution in [2.45, 2.75) is 30.9 Å². The highest BCUT2D eigenvalue weighted by molar-refractivity contribution is 7.89. The molecule has 4 rings (SSSR count). The number of pyridine rings is 1. The maximum atomic E-state index is 13.7. The molecule has 12 heteroatoms. The van der Waals surface area contributed by atoms with Crippen LogP contribution >= 0.6 is 0 Å². The van der Waals surface area contributed by atoms with Crippen LogP contribution in [0.5, 0.6) is 11.5 Å². The number of hydrogen-bond donors (Lipinski definition) is 2. The highest BCUT2D eigenvalue weighted by Crippen LogP contribution is 2.35. The number of para-hydroxylation sites is 1. The predicted molar refractivity (Wildman–Crippen MR) is 153 cm³/mol. The zero-order valence-corrected chi connectivity index (χ0v) is 24.2. The Morgan fingerprint density at radius 1 is 1.20 bits per heavy atom. The van der Waals surface area contributed by atoms with Gasteiger partial charge in [0, 0.05) is 37.5 Å². The van der Waals surface area contributed by atoms with E-state index >= 15 is 0 Å². The summed E-state index contributed by atoms with van der Waals surface area (Å²) in [6.45, 7) is 3.50. The van der Waals surface area contributed by atoms with Gasteiger partial charge in [0.2, 0.25) is 10.0 Å². The van der Waals surface area contributed by atoms with E-state index in [2.05, 4.69) is 10.3 Å². The van der Waals surface area contributed by atoms with Gasteiger partial charge >= 0.3 is 0 Å². The third-order valence-corrected chi connectivity index (χ3v) is 8.92. The maximum absolute atomic E-state index is 13.7. The predicted octanol–water partition coefficient (Wildman–Crippen LogP) is 2.88. The highest BCUT2D eigenvalue weighted by atomic mass is 32.2. The summed E-state index contributed by atoms with van der Waals surface area (Å²) >= 11 is 0. The number of sulfonamides is 1. The smallest absolute Gasteiger partial charge is 0.258 e. The molecule has 2 aromatic carbocycles. The van der Waals surface area contributed by atoms with Crippen LogP contribution < -0.4 is 14.8 Å². The number of carbonyl (C=O) groups is 2. The van der Waals surface area contributed by atoms with Gasteiger partial charge < -0.3 is 24.8 Å². The normalized spacial score (nSPS) is 18.1. The standard InChI is InChI=1S/C29H34N4O7S/c1-19-16-33(20(2)18-34)29(36)24-6-5-7-25(31-28(35)21-12-14-30-15-13-21)27(24)40-26(19)17-32(3)41(37,38)23-10-8-22(39-4)9-11-23/h5-15,19-20,26,34H,16-18H2,1-4H3,(H,31,35)/t19-,20-,26-/m0/s1. The van der Waals surface area contributed by atoms with Crippen LogP contribution in [0.15, 0.2) is 71.9 Å². The number of rotatable bonds is 9. The van der Waals surface area contributed by atoms with Crippen LogP contribution in [0, 0.1) is 5.92 Å². The lowest BCUT2D eigenvalue weighted by atomic mass is 9.99. The quantitative estimate of drug-likeness (QED) is 0.393. The lowest BCUT2D eigenvalue weighted by Crippen LogP contribution is -2.50. The Kier molecular flexibility index (Phi) is 9.26. The van der Waals surface area contributed by atoms with Crippen LogP contribution in [0.4, 0.5) is 5.69 Å². The summed E-state index contributed by atoms with van der Waals surface area (Å²) in [5, 5.41) is 12.7. The van der Waals surface area contributed by atoms with E-state index < -0.39 is 28.1 Å². The number of benzene rings is 2. The number of ether oxygens (including phenoxy) is 2. The molecular formula is C29H34N4O7S. The van der Waals surface area contributed by atoms with Crippen molar-refractivity contribution in [2.24, 2.45) is 5.92 Å². The van der Waals surface area contributed by atoms with Crippen molar-refractivity contribution < 1.29 is 32.6 Å². The number of nitrogens with one attached hydrogen (secondary N) is 1. The summed E-state index contributed by atoms with van der Waals surface area (Å²) in [4.78, 5) is 32.2. The molecule has 3 atom stereocenters. The second kappa shape index (κ2) is 12.7. The molecule has 0 aliphatic carbocycles. The monoisotopic (exact) mass is 582 g/mol. The largest absolute Gasteiger partial charge is 0.497 e. The molecule has 0 radical (unpaired) electrons. The van der Waals surface area contributed by atoms with Gasteiger partial charge in [-0.25, -0.2) is 8.42 Å². The molecule has 2 heterocycles. The molecule has 1 aliphatic rings. The topological polar surface area (TPSA) is 138 Å². The molecule has 218 valence electrons. The summed E-state index contributed by atoms with van der Waals surface area (Å²) in [5.74, 6) is -0.487. The van der Waals surface area contributed by atoms with E-state index in [1.54, 1.807) is 54.3 Å². The molecule has 11 nitrogen and oxygen atoms in total. The number of hydrogen-bond acceptors (Lipinski definition) is 8. The number of aliphatic hydroxyl groups is 1.